The number of carbonyl (C=O) groups excluding carboxylic acids is 1. The lowest BCUT2D eigenvalue weighted by atomic mass is 10.1. The van der Waals surface area contributed by atoms with E-state index in [-0.39, 0.29) is 23.4 Å². The molecule has 3 aromatic rings. The van der Waals surface area contributed by atoms with Crippen molar-refractivity contribution in [3.8, 4) is 0 Å². The molecule has 5 nitrogen and oxygen atoms in total. The number of nitrogens with zero attached hydrogens (tertiary/aromatic N) is 3. The quantitative estimate of drug-likeness (QED) is 0.562. The topological polar surface area (TPSA) is 55.2 Å². The molecular formula is C25H29N3O2. The summed E-state index contributed by atoms with van der Waals surface area (Å²) in [5.74, 6) is 0.988. The van der Waals surface area contributed by atoms with Gasteiger partial charge in [-0.15, -0.1) is 0 Å². The normalized spacial score (nSPS) is 14.6. The predicted octanol–water partition coefficient (Wildman–Crippen LogP) is 4.35. The fourth-order valence-electron chi connectivity index (χ4n) is 4.04. The van der Waals surface area contributed by atoms with E-state index >= 15 is 0 Å². The van der Waals surface area contributed by atoms with Gasteiger partial charge in [-0.1, -0.05) is 49.4 Å². The summed E-state index contributed by atoms with van der Waals surface area (Å²) >= 11 is 0. The SMILES string of the molecule is CCCn1c(C(C)N(CCc2ccccc2)C(=O)C2CC2)nc2ccccc2c1=O. The molecule has 5 heteroatoms. The van der Waals surface area contributed by atoms with Crippen molar-refractivity contribution in [3.05, 3.63) is 76.3 Å². The van der Waals surface area contributed by atoms with Crippen LogP contribution in [0.5, 0.6) is 0 Å². The number of hydrogen-bond acceptors (Lipinski definition) is 3. The molecule has 156 valence electrons. The fraction of sp³-hybridized carbons (Fsp3) is 0.400. The largest absolute Gasteiger partial charge is 0.332 e. The molecule has 0 saturated heterocycles. The van der Waals surface area contributed by atoms with Gasteiger partial charge in [-0.05, 0) is 50.3 Å². The number of fused-ring (bicyclic) bond motifs is 1. The van der Waals surface area contributed by atoms with E-state index in [2.05, 4.69) is 19.1 Å². The van der Waals surface area contributed by atoms with Crippen LogP contribution in [0.2, 0.25) is 0 Å². The minimum atomic E-state index is -0.259. The second-order valence-corrected chi connectivity index (χ2v) is 8.16. The third kappa shape index (κ3) is 4.16. The Hall–Kier alpha value is -2.95. The molecule has 0 aliphatic heterocycles. The van der Waals surface area contributed by atoms with Crippen LogP contribution in [-0.2, 0) is 17.8 Å². The van der Waals surface area contributed by atoms with Crippen LogP contribution in [0.4, 0.5) is 0 Å². The van der Waals surface area contributed by atoms with E-state index in [1.165, 1.54) is 5.56 Å². The van der Waals surface area contributed by atoms with Crippen molar-refractivity contribution in [2.75, 3.05) is 6.54 Å². The lowest BCUT2D eigenvalue weighted by Crippen LogP contribution is -2.39. The number of benzene rings is 2. The minimum Gasteiger partial charge on any atom is -0.332 e. The van der Waals surface area contributed by atoms with E-state index in [0.717, 1.165) is 25.7 Å². The highest BCUT2D eigenvalue weighted by molar-refractivity contribution is 5.81. The summed E-state index contributed by atoms with van der Waals surface area (Å²) in [4.78, 5) is 33.2. The molecule has 1 amide bonds. The van der Waals surface area contributed by atoms with Crippen LogP contribution >= 0.6 is 0 Å². The van der Waals surface area contributed by atoms with Crippen molar-refractivity contribution in [2.24, 2.45) is 5.92 Å². The average Bonchev–Trinajstić information content (AvgIpc) is 3.62. The molecule has 1 fully saturated rings. The van der Waals surface area contributed by atoms with Crippen LogP contribution in [0.15, 0.2) is 59.4 Å². The second-order valence-electron chi connectivity index (χ2n) is 8.16. The maximum absolute atomic E-state index is 13.2. The molecule has 1 saturated carbocycles. The number of para-hydroxylation sites is 1. The van der Waals surface area contributed by atoms with Gasteiger partial charge in [-0.2, -0.15) is 0 Å². The molecule has 1 aliphatic carbocycles. The Morgan fingerprint density at radius 2 is 1.83 bits per heavy atom. The second kappa shape index (κ2) is 8.82. The van der Waals surface area contributed by atoms with Crippen molar-refractivity contribution in [3.63, 3.8) is 0 Å². The van der Waals surface area contributed by atoms with Gasteiger partial charge in [0.05, 0.1) is 16.9 Å². The number of hydrogen-bond donors (Lipinski definition) is 0. The Bertz CT molecular complexity index is 1090. The zero-order valence-electron chi connectivity index (χ0n) is 17.8. The molecule has 4 rings (SSSR count). The highest BCUT2D eigenvalue weighted by atomic mass is 16.2. The molecule has 1 aliphatic rings. The van der Waals surface area contributed by atoms with Gasteiger partial charge in [-0.25, -0.2) is 4.98 Å². The van der Waals surface area contributed by atoms with E-state index in [0.29, 0.717) is 29.8 Å². The van der Waals surface area contributed by atoms with Gasteiger partial charge < -0.3 is 4.90 Å². The zero-order valence-corrected chi connectivity index (χ0v) is 17.8. The van der Waals surface area contributed by atoms with E-state index in [1.807, 2.05) is 54.3 Å². The monoisotopic (exact) mass is 403 g/mol. The lowest BCUT2D eigenvalue weighted by molar-refractivity contribution is -0.135. The maximum atomic E-state index is 13.2. The van der Waals surface area contributed by atoms with Gasteiger partial charge in [0.25, 0.3) is 5.56 Å². The molecule has 30 heavy (non-hydrogen) atoms. The molecule has 1 heterocycles. The van der Waals surface area contributed by atoms with E-state index < -0.39 is 0 Å². The first-order valence-corrected chi connectivity index (χ1v) is 10.9. The number of amides is 1. The first kappa shape index (κ1) is 20.3. The van der Waals surface area contributed by atoms with Crippen LogP contribution in [0.3, 0.4) is 0 Å². The molecule has 1 unspecified atom stereocenters. The Labute approximate surface area is 177 Å². The number of rotatable bonds is 8. The highest BCUT2D eigenvalue weighted by Gasteiger charge is 2.36. The predicted molar refractivity (Wildman–Crippen MR) is 119 cm³/mol. The number of aromatic nitrogens is 2. The van der Waals surface area contributed by atoms with Crippen molar-refractivity contribution in [2.45, 2.75) is 52.1 Å². The minimum absolute atomic E-state index is 0.0221. The Morgan fingerprint density at radius 1 is 1.13 bits per heavy atom. The molecule has 0 N–H and O–H groups in total. The standard InChI is InChI=1S/C25H29N3O2/c1-3-16-28-23(26-22-12-8-7-11-21(22)25(28)30)18(2)27(24(29)20-13-14-20)17-15-19-9-5-4-6-10-19/h4-12,18,20H,3,13-17H2,1-2H3. The molecule has 0 bridgehead atoms. The van der Waals surface area contributed by atoms with Gasteiger partial charge in [0.2, 0.25) is 5.91 Å². The first-order chi connectivity index (χ1) is 14.6. The van der Waals surface area contributed by atoms with E-state index in [9.17, 15) is 9.59 Å². The van der Waals surface area contributed by atoms with Crippen LogP contribution in [0.25, 0.3) is 10.9 Å². The van der Waals surface area contributed by atoms with Crippen LogP contribution < -0.4 is 5.56 Å². The third-order valence-electron chi connectivity index (χ3n) is 5.87. The van der Waals surface area contributed by atoms with E-state index in [1.54, 1.807) is 4.57 Å². The van der Waals surface area contributed by atoms with E-state index in [4.69, 9.17) is 4.98 Å². The van der Waals surface area contributed by atoms with Gasteiger partial charge >= 0.3 is 0 Å². The van der Waals surface area contributed by atoms with Crippen LogP contribution in [-0.4, -0.2) is 26.9 Å². The molecular weight excluding hydrogens is 374 g/mol. The molecule has 0 radical (unpaired) electrons. The summed E-state index contributed by atoms with van der Waals surface area (Å²) in [5.41, 5.74) is 1.88. The van der Waals surface area contributed by atoms with Crippen molar-refractivity contribution in [1.29, 1.82) is 0 Å². The summed E-state index contributed by atoms with van der Waals surface area (Å²) in [5, 5.41) is 0.631. The van der Waals surface area contributed by atoms with Gasteiger partial charge in [0, 0.05) is 19.0 Å². The summed E-state index contributed by atoms with van der Waals surface area (Å²) < 4.78 is 1.77. The van der Waals surface area contributed by atoms with Gasteiger partial charge in [0.15, 0.2) is 0 Å². The third-order valence-corrected chi connectivity index (χ3v) is 5.87. The lowest BCUT2D eigenvalue weighted by Gasteiger charge is -2.31. The van der Waals surface area contributed by atoms with Crippen molar-refractivity contribution in [1.82, 2.24) is 14.5 Å². The van der Waals surface area contributed by atoms with Gasteiger partial charge in [0.1, 0.15) is 5.82 Å². The van der Waals surface area contributed by atoms with Gasteiger partial charge in [-0.3, -0.25) is 14.2 Å². The van der Waals surface area contributed by atoms with Crippen molar-refractivity contribution >= 4 is 16.8 Å². The van der Waals surface area contributed by atoms with Crippen LogP contribution in [0.1, 0.15) is 50.5 Å². The molecule has 1 aromatic heterocycles. The molecule has 0 spiro atoms. The Balaban J connectivity index is 1.71. The Kier molecular flexibility index (Phi) is 5.98. The molecule has 1 atom stereocenters. The Morgan fingerprint density at radius 3 is 2.53 bits per heavy atom. The first-order valence-electron chi connectivity index (χ1n) is 10.9. The fourth-order valence-corrected chi connectivity index (χ4v) is 4.04. The summed E-state index contributed by atoms with van der Waals surface area (Å²) in [6.07, 6.45) is 3.54. The van der Waals surface area contributed by atoms with Crippen LogP contribution in [0, 0.1) is 5.92 Å². The summed E-state index contributed by atoms with van der Waals surface area (Å²) in [7, 11) is 0. The molecule has 2 aromatic carbocycles. The van der Waals surface area contributed by atoms with Crippen molar-refractivity contribution < 1.29 is 4.79 Å². The zero-order chi connectivity index (χ0) is 21.1. The summed E-state index contributed by atoms with van der Waals surface area (Å²) in [6.45, 7) is 5.28. The number of carbonyl (C=O) groups is 1. The smallest absolute Gasteiger partial charge is 0.261 e. The average molecular weight is 404 g/mol. The maximum Gasteiger partial charge on any atom is 0.261 e. The highest BCUT2D eigenvalue weighted by Crippen LogP contribution is 2.34. The summed E-state index contributed by atoms with van der Waals surface area (Å²) in [6, 6.07) is 17.4.